The van der Waals surface area contributed by atoms with Crippen LogP contribution in [0.4, 0.5) is 0 Å². The molecule has 0 aliphatic heterocycles. The first-order valence-corrected chi connectivity index (χ1v) is 7.30. The zero-order valence-corrected chi connectivity index (χ0v) is 12.0. The normalized spacial score (nSPS) is 11.8. The molecule has 4 nitrogen and oxygen atoms in total. The Hall–Kier alpha value is -2.01. The van der Waals surface area contributed by atoms with Crippen LogP contribution in [0.5, 0.6) is 0 Å². The molecule has 1 N–H and O–H groups in total. The Morgan fingerprint density at radius 3 is 2.65 bits per heavy atom. The summed E-state index contributed by atoms with van der Waals surface area (Å²) >= 11 is 1.23. The van der Waals surface area contributed by atoms with Crippen LogP contribution in [0, 0.1) is 5.21 Å². The minimum atomic E-state index is -0.0878. The van der Waals surface area contributed by atoms with E-state index in [4.69, 9.17) is 0 Å². The lowest BCUT2D eigenvalue weighted by Crippen LogP contribution is -2.31. The van der Waals surface area contributed by atoms with E-state index in [1.54, 1.807) is 18.2 Å². The van der Waals surface area contributed by atoms with E-state index in [2.05, 4.69) is 5.32 Å². The largest absolute Gasteiger partial charge is 0.618 e. The summed E-state index contributed by atoms with van der Waals surface area (Å²) in [5.74, 6) is 0.138. The van der Waals surface area contributed by atoms with E-state index in [0.717, 1.165) is 10.3 Å². The molecule has 1 atom stereocenters. The van der Waals surface area contributed by atoms with Crippen LogP contribution in [0.2, 0.25) is 0 Å². The molecule has 1 heterocycles. The summed E-state index contributed by atoms with van der Waals surface area (Å²) in [7, 11) is 0. The van der Waals surface area contributed by atoms with Crippen molar-refractivity contribution in [1.82, 2.24) is 5.32 Å². The molecular formula is C15H16N2O2S. The van der Waals surface area contributed by atoms with Crippen molar-refractivity contribution < 1.29 is 9.52 Å². The van der Waals surface area contributed by atoms with Gasteiger partial charge in [0, 0.05) is 12.1 Å². The number of nitrogens with zero attached hydrogens (tertiary/aromatic N) is 1. The quantitative estimate of drug-likeness (QED) is 0.522. The summed E-state index contributed by atoms with van der Waals surface area (Å²) < 4.78 is 0.762. The Labute approximate surface area is 122 Å². The predicted octanol–water partition coefficient (Wildman–Crippen LogP) is 2.29. The number of hydrogen-bond acceptors (Lipinski definition) is 3. The number of rotatable bonds is 5. The number of carbonyl (C=O) groups excluding carboxylic acids is 1. The third-order valence-corrected chi connectivity index (χ3v) is 3.84. The monoisotopic (exact) mass is 288 g/mol. The highest BCUT2D eigenvalue weighted by molar-refractivity contribution is 7.99. The number of amides is 1. The van der Waals surface area contributed by atoms with E-state index >= 15 is 0 Å². The van der Waals surface area contributed by atoms with Crippen LogP contribution in [-0.4, -0.2) is 11.7 Å². The van der Waals surface area contributed by atoms with Crippen LogP contribution in [0.3, 0.4) is 0 Å². The lowest BCUT2D eigenvalue weighted by molar-refractivity contribution is -0.645. The third-order valence-electron chi connectivity index (χ3n) is 2.82. The van der Waals surface area contributed by atoms with E-state index in [0.29, 0.717) is 5.03 Å². The van der Waals surface area contributed by atoms with Gasteiger partial charge in [0.05, 0.1) is 11.8 Å². The van der Waals surface area contributed by atoms with Crippen molar-refractivity contribution in [3.63, 3.8) is 0 Å². The number of pyridine rings is 1. The Bertz CT molecular complexity index is 575. The average Bonchev–Trinajstić information content (AvgIpc) is 2.47. The van der Waals surface area contributed by atoms with Gasteiger partial charge in [0.1, 0.15) is 0 Å². The van der Waals surface area contributed by atoms with E-state index in [1.165, 1.54) is 18.0 Å². The molecule has 0 fully saturated rings. The average molecular weight is 288 g/mol. The van der Waals surface area contributed by atoms with Gasteiger partial charge in [-0.3, -0.25) is 4.79 Å². The van der Waals surface area contributed by atoms with Crippen molar-refractivity contribution in [2.75, 3.05) is 5.75 Å². The lowest BCUT2D eigenvalue weighted by atomic mass is 10.1. The first-order chi connectivity index (χ1) is 9.66. The predicted molar refractivity (Wildman–Crippen MR) is 79.1 cm³/mol. The molecule has 2 rings (SSSR count). The highest BCUT2D eigenvalue weighted by atomic mass is 32.2. The fourth-order valence-corrected chi connectivity index (χ4v) is 2.50. The van der Waals surface area contributed by atoms with Crippen molar-refractivity contribution >= 4 is 17.7 Å². The Morgan fingerprint density at radius 2 is 1.95 bits per heavy atom. The van der Waals surface area contributed by atoms with Crippen molar-refractivity contribution in [2.24, 2.45) is 0 Å². The fraction of sp³-hybridized carbons (Fsp3) is 0.200. The summed E-state index contributed by atoms with van der Waals surface area (Å²) in [6, 6.07) is 14.9. The van der Waals surface area contributed by atoms with Crippen molar-refractivity contribution in [3.05, 3.63) is 65.5 Å². The first kappa shape index (κ1) is 14.4. The highest BCUT2D eigenvalue weighted by Crippen LogP contribution is 2.14. The molecule has 0 radical (unpaired) electrons. The molecule has 2 aromatic rings. The van der Waals surface area contributed by atoms with Gasteiger partial charge in [-0.05, 0) is 30.3 Å². The van der Waals surface area contributed by atoms with Crippen molar-refractivity contribution in [2.45, 2.75) is 18.0 Å². The molecule has 0 saturated carbocycles. The summed E-state index contributed by atoms with van der Waals surface area (Å²) in [5, 5.41) is 14.9. The summed E-state index contributed by atoms with van der Waals surface area (Å²) in [5.41, 5.74) is 1.06. The second kappa shape index (κ2) is 6.96. The Morgan fingerprint density at radius 1 is 1.25 bits per heavy atom. The molecule has 1 aromatic carbocycles. The summed E-state index contributed by atoms with van der Waals surface area (Å²) in [4.78, 5) is 11.9. The summed E-state index contributed by atoms with van der Waals surface area (Å²) in [6.45, 7) is 1.94. The van der Waals surface area contributed by atoms with Crippen LogP contribution >= 0.6 is 11.8 Å². The lowest BCUT2D eigenvalue weighted by Gasteiger charge is -2.13. The topological polar surface area (TPSA) is 56.0 Å². The Kier molecular flexibility index (Phi) is 5.01. The van der Waals surface area contributed by atoms with Crippen LogP contribution in [0.15, 0.2) is 59.8 Å². The molecule has 1 amide bonds. The van der Waals surface area contributed by atoms with Crippen LogP contribution < -0.4 is 10.0 Å². The summed E-state index contributed by atoms with van der Waals surface area (Å²) in [6.07, 6.45) is 1.42. The van der Waals surface area contributed by atoms with Crippen LogP contribution in [0.25, 0.3) is 0 Å². The van der Waals surface area contributed by atoms with E-state index in [9.17, 15) is 10.0 Å². The molecule has 20 heavy (non-hydrogen) atoms. The number of thioether (sulfide) groups is 1. The van der Waals surface area contributed by atoms with Gasteiger partial charge in [-0.1, -0.05) is 30.3 Å². The molecule has 1 aromatic heterocycles. The molecule has 0 bridgehead atoms. The maximum Gasteiger partial charge on any atom is 0.251 e. The second-order valence-corrected chi connectivity index (χ2v) is 5.35. The molecular weight excluding hydrogens is 272 g/mol. The Balaban J connectivity index is 1.86. The van der Waals surface area contributed by atoms with E-state index < -0.39 is 0 Å². The van der Waals surface area contributed by atoms with Crippen molar-refractivity contribution in [3.8, 4) is 0 Å². The standard InChI is InChI=1S/C15H16N2O2S/c1-12(13-7-3-2-4-8-13)16-14(18)11-20-15-9-5-6-10-17(15)19/h2-10,12H,11H2,1H3,(H,16,18)/t12-/m0/s1. The molecule has 5 heteroatoms. The number of aromatic nitrogens is 1. The third kappa shape index (κ3) is 3.99. The number of benzene rings is 1. The van der Waals surface area contributed by atoms with Crippen LogP contribution in [-0.2, 0) is 4.79 Å². The molecule has 0 unspecified atom stereocenters. The number of nitrogens with one attached hydrogen (secondary N) is 1. The van der Waals surface area contributed by atoms with E-state index in [-0.39, 0.29) is 17.7 Å². The molecule has 0 spiro atoms. The smallest absolute Gasteiger partial charge is 0.251 e. The number of hydrogen-bond donors (Lipinski definition) is 1. The van der Waals surface area contributed by atoms with Gasteiger partial charge in [-0.15, -0.1) is 0 Å². The molecule has 0 aliphatic rings. The number of carbonyl (C=O) groups is 1. The molecule has 0 aliphatic carbocycles. The second-order valence-electron chi connectivity index (χ2n) is 4.35. The van der Waals surface area contributed by atoms with Crippen molar-refractivity contribution in [1.29, 1.82) is 0 Å². The minimum Gasteiger partial charge on any atom is -0.618 e. The highest BCUT2D eigenvalue weighted by Gasteiger charge is 2.12. The van der Waals surface area contributed by atoms with Gasteiger partial charge in [0.25, 0.3) is 5.03 Å². The minimum absolute atomic E-state index is 0.0422. The SMILES string of the molecule is C[C@H](NC(=O)CSc1cccc[n+]1[O-])c1ccccc1. The maximum absolute atomic E-state index is 11.9. The van der Waals surface area contributed by atoms with Crippen LogP contribution in [0.1, 0.15) is 18.5 Å². The fourth-order valence-electron chi connectivity index (χ4n) is 1.77. The maximum atomic E-state index is 11.9. The zero-order valence-electron chi connectivity index (χ0n) is 11.2. The van der Waals surface area contributed by atoms with Gasteiger partial charge < -0.3 is 10.5 Å². The van der Waals surface area contributed by atoms with Gasteiger partial charge in [0.2, 0.25) is 5.91 Å². The van der Waals surface area contributed by atoms with E-state index in [1.807, 2.05) is 37.3 Å². The van der Waals surface area contributed by atoms with Gasteiger partial charge in [-0.2, -0.15) is 4.73 Å². The first-order valence-electron chi connectivity index (χ1n) is 6.32. The molecule has 0 saturated heterocycles. The van der Waals surface area contributed by atoms with Gasteiger partial charge in [-0.25, -0.2) is 0 Å². The van der Waals surface area contributed by atoms with Gasteiger partial charge >= 0.3 is 0 Å². The molecule has 104 valence electrons. The zero-order chi connectivity index (χ0) is 14.4. The van der Waals surface area contributed by atoms with Gasteiger partial charge in [0.15, 0.2) is 6.20 Å².